The number of aliphatic carboxylic acids is 1. The molecule has 0 heterocycles. The Bertz CT molecular complexity index is 52.8. The molecule has 0 saturated carbocycles. The lowest BCUT2D eigenvalue weighted by Gasteiger charge is -1.81. The largest absolute Gasteiger partial charge is 0.477 e. The normalized spacial score (nSPS) is 8.17. The third-order valence-electron chi connectivity index (χ3n) is 0.379. The molecule has 0 unspecified atom stereocenters. The van der Waals surface area contributed by atoms with E-state index in [1.165, 1.54) is 0 Å². The lowest BCUT2D eigenvalue weighted by atomic mass is 10.7. The second-order valence-electron chi connectivity index (χ2n) is 1.01. The molecule has 0 saturated heterocycles. The van der Waals surface area contributed by atoms with Gasteiger partial charge in [0.05, 0.1) is 7.05 Å². The minimum Gasteiger partial charge on any atom is -0.477 e. The maximum atomic E-state index is 9.57. The van der Waals surface area contributed by atoms with Crippen LogP contribution in [-0.2, 0) is 4.79 Å². The van der Waals surface area contributed by atoms with E-state index in [-0.39, 0.29) is 6.54 Å². The van der Waals surface area contributed by atoms with Gasteiger partial charge in [0.2, 0.25) is 0 Å². The van der Waals surface area contributed by atoms with Crippen LogP contribution in [0.5, 0.6) is 0 Å². The van der Waals surface area contributed by atoms with Crippen molar-refractivity contribution < 1.29 is 15.2 Å². The monoisotopic (exact) mass is 90.1 g/mol. The van der Waals surface area contributed by atoms with Gasteiger partial charge in [0.15, 0.2) is 6.54 Å². The van der Waals surface area contributed by atoms with E-state index in [1.54, 1.807) is 12.4 Å². The Kier molecular flexibility index (Phi) is 2.40. The van der Waals surface area contributed by atoms with Crippen molar-refractivity contribution in [3.8, 4) is 0 Å². The molecule has 3 heteroatoms. The van der Waals surface area contributed by atoms with Gasteiger partial charge in [-0.2, -0.15) is 0 Å². The Morgan fingerprint density at radius 1 is 2.00 bits per heavy atom. The standard InChI is InChI=1S/C3H7NO2/c1-4-2-3(5)6/h4H,2H2,1H3,(H,5,6)/p+1. The highest BCUT2D eigenvalue weighted by Gasteiger charge is 1.90. The maximum Gasteiger partial charge on any atom is 0.359 e. The lowest BCUT2D eigenvalue weighted by Crippen LogP contribution is -2.81. The molecule has 36 valence electrons. The average molecular weight is 90.1 g/mol. The summed E-state index contributed by atoms with van der Waals surface area (Å²) in [7, 11) is 1.72. The van der Waals surface area contributed by atoms with E-state index in [2.05, 4.69) is 0 Å². The van der Waals surface area contributed by atoms with Gasteiger partial charge in [-0.05, 0) is 0 Å². The highest BCUT2D eigenvalue weighted by atomic mass is 16.4. The van der Waals surface area contributed by atoms with Crippen molar-refractivity contribution in [2.45, 2.75) is 0 Å². The Morgan fingerprint density at radius 2 is 2.50 bits per heavy atom. The van der Waals surface area contributed by atoms with Gasteiger partial charge in [-0.15, -0.1) is 0 Å². The van der Waals surface area contributed by atoms with Gasteiger partial charge in [-0.1, -0.05) is 0 Å². The molecule has 0 aliphatic rings. The van der Waals surface area contributed by atoms with Gasteiger partial charge in [-0.25, -0.2) is 4.79 Å². The van der Waals surface area contributed by atoms with E-state index in [0.29, 0.717) is 0 Å². The highest BCUT2D eigenvalue weighted by molar-refractivity contribution is 5.67. The zero-order valence-electron chi connectivity index (χ0n) is 3.64. The van der Waals surface area contributed by atoms with Crippen LogP contribution in [0.3, 0.4) is 0 Å². The van der Waals surface area contributed by atoms with Crippen LogP contribution in [-0.4, -0.2) is 24.7 Å². The Balaban J connectivity index is 2.83. The van der Waals surface area contributed by atoms with Crippen LogP contribution in [0.1, 0.15) is 0 Å². The van der Waals surface area contributed by atoms with Crippen LogP contribution < -0.4 is 5.32 Å². The van der Waals surface area contributed by atoms with Crippen molar-refractivity contribution in [2.75, 3.05) is 13.6 Å². The molecule has 3 nitrogen and oxygen atoms in total. The number of hydrogen-bond donors (Lipinski definition) is 2. The summed E-state index contributed by atoms with van der Waals surface area (Å²) in [5, 5.41) is 9.48. The third-order valence-corrected chi connectivity index (χ3v) is 0.379. The molecule has 0 rings (SSSR count). The van der Waals surface area contributed by atoms with E-state index in [9.17, 15) is 4.79 Å². The molecule has 6 heavy (non-hydrogen) atoms. The smallest absolute Gasteiger partial charge is 0.359 e. The van der Waals surface area contributed by atoms with Crippen LogP contribution in [0.4, 0.5) is 0 Å². The van der Waals surface area contributed by atoms with Gasteiger partial charge in [0, 0.05) is 0 Å². The second-order valence-corrected chi connectivity index (χ2v) is 1.01. The van der Waals surface area contributed by atoms with Crippen molar-refractivity contribution in [1.82, 2.24) is 0 Å². The molecule has 0 aromatic rings. The van der Waals surface area contributed by atoms with E-state index >= 15 is 0 Å². The molecule has 0 aromatic carbocycles. The fourth-order valence-electron chi connectivity index (χ4n) is 0.175. The van der Waals surface area contributed by atoms with Crippen molar-refractivity contribution in [3.05, 3.63) is 0 Å². The van der Waals surface area contributed by atoms with Crippen LogP contribution in [0.25, 0.3) is 0 Å². The number of carboxylic acids is 1. The fraction of sp³-hybridized carbons (Fsp3) is 0.667. The van der Waals surface area contributed by atoms with Crippen molar-refractivity contribution >= 4 is 5.97 Å². The summed E-state index contributed by atoms with van der Waals surface area (Å²) in [5.41, 5.74) is 0. The number of likely N-dealkylation sites (N-methyl/N-ethyl adjacent to an activating group) is 1. The van der Waals surface area contributed by atoms with Crippen molar-refractivity contribution in [1.29, 1.82) is 0 Å². The van der Waals surface area contributed by atoms with Crippen LogP contribution in [0, 0.1) is 0 Å². The lowest BCUT2D eigenvalue weighted by molar-refractivity contribution is -0.616. The van der Waals surface area contributed by atoms with Crippen LogP contribution in [0.2, 0.25) is 0 Å². The Hall–Kier alpha value is -0.570. The topological polar surface area (TPSA) is 53.9 Å². The summed E-state index contributed by atoms with van der Waals surface area (Å²) in [4.78, 5) is 9.57. The molecule has 0 spiro atoms. The molecule has 0 atom stereocenters. The SMILES string of the molecule is C[NH2+]CC(=O)O. The van der Waals surface area contributed by atoms with Crippen LogP contribution in [0.15, 0.2) is 0 Å². The minimum atomic E-state index is -0.766. The maximum absolute atomic E-state index is 9.57. The summed E-state index contributed by atoms with van der Waals surface area (Å²) in [5.74, 6) is -0.766. The zero-order chi connectivity index (χ0) is 4.99. The summed E-state index contributed by atoms with van der Waals surface area (Å²) < 4.78 is 0. The van der Waals surface area contributed by atoms with Crippen molar-refractivity contribution in [3.63, 3.8) is 0 Å². The molecule has 0 aromatic heterocycles. The molecule has 3 N–H and O–H groups in total. The number of carbonyl (C=O) groups is 1. The van der Waals surface area contributed by atoms with E-state index in [0.717, 1.165) is 0 Å². The summed E-state index contributed by atoms with van der Waals surface area (Å²) in [6.45, 7) is 0.167. The first-order valence-corrected chi connectivity index (χ1v) is 1.77. The van der Waals surface area contributed by atoms with Crippen molar-refractivity contribution in [2.24, 2.45) is 0 Å². The number of carboxylic acid groups (broad SMARTS) is 1. The Morgan fingerprint density at radius 3 is 2.50 bits per heavy atom. The molecule has 0 fully saturated rings. The van der Waals surface area contributed by atoms with Gasteiger partial charge >= 0.3 is 5.97 Å². The van der Waals surface area contributed by atoms with E-state index in [4.69, 9.17) is 5.11 Å². The fourth-order valence-corrected chi connectivity index (χ4v) is 0.175. The molecule has 0 aliphatic heterocycles. The number of quaternary nitrogens is 1. The summed E-state index contributed by atoms with van der Waals surface area (Å²) in [6.07, 6.45) is 0. The molecule has 0 aliphatic carbocycles. The quantitative estimate of drug-likeness (QED) is 0.423. The molecule has 0 bridgehead atoms. The predicted octanol–water partition coefficient (Wildman–Crippen LogP) is -1.74. The first-order valence-electron chi connectivity index (χ1n) is 1.77. The third kappa shape index (κ3) is 3.43. The second kappa shape index (κ2) is 2.66. The zero-order valence-corrected chi connectivity index (χ0v) is 3.64. The predicted molar refractivity (Wildman–Crippen MR) is 20.4 cm³/mol. The molecule has 0 amide bonds. The number of nitrogens with two attached hydrogens (primary N) is 1. The average Bonchev–Trinajstić information content (AvgIpc) is 1.35. The molecule has 0 radical (unpaired) electrons. The first kappa shape index (κ1) is 5.43. The number of hydrogen-bond acceptors (Lipinski definition) is 1. The van der Waals surface area contributed by atoms with E-state index < -0.39 is 5.97 Å². The summed E-state index contributed by atoms with van der Waals surface area (Å²) >= 11 is 0. The number of rotatable bonds is 2. The summed E-state index contributed by atoms with van der Waals surface area (Å²) in [6, 6.07) is 0. The minimum absolute atomic E-state index is 0.167. The van der Waals surface area contributed by atoms with Gasteiger partial charge in [0.25, 0.3) is 0 Å². The van der Waals surface area contributed by atoms with Gasteiger partial charge in [0.1, 0.15) is 0 Å². The van der Waals surface area contributed by atoms with E-state index in [1.807, 2.05) is 0 Å². The Labute approximate surface area is 36.0 Å². The van der Waals surface area contributed by atoms with Crippen LogP contribution >= 0.6 is 0 Å². The van der Waals surface area contributed by atoms with Gasteiger partial charge in [-0.3, -0.25) is 0 Å². The molecular weight excluding hydrogens is 82.0 g/mol. The first-order chi connectivity index (χ1) is 2.77. The highest BCUT2D eigenvalue weighted by Crippen LogP contribution is 1.42. The van der Waals surface area contributed by atoms with Gasteiger partial charge < -0.3 is 10.4 Å². The molecular formula is C3H8NO2+.